The van der Waals surface area contributed by atoms with Gasteiger partial charge in [0, 0.05) is 12.1 Å². The van der Waals surface area contributed by atoms with Crippen molar-refractivity contribution in [1.29, 1.82) is 0 Å². The van der Waals surface area contributed by atoms with Crippen molar-refractivity contribution in [2.75, 3.05) is 0 Å². The Labute approximate surface area is 166 Å². The SMILES string of the molecule is O=C(NCc1ccc(OC(F)F)cc1)c1occc1CS(=O)(=O)c1ccccc1. The highest BCUT2D eigenvalue weighted by Gasteiger charge is 2.22. The van der Waals surface area contributed by atoms with Crippen LogP contribution in [-0.4, -0.2) is 20.9 Å². The first-order valence-electron chi connectivity index (χ1n) is 8.51. The average molecular weight is 421 g/mol. The van der Waals surface area contributed by atoms with Crippen molar-refractivity contribution in [2.24, 2.45) is 0 Å². The third-order valence-corrected chi connectivity index (χ3v) is 5.68. The molecule has 0 unspecified atom stereocenters. The Morgan fingerprint density at radius 2 is 1.72 bits per heavy atom. The van der Waals surface area contributed by atoms with E-state index >= 15 is 0 Å². The molecule has 29 heavy (non-hydrogen) atoms. The fraction of sp³-hybridized carbons (Fsp3) is 0.150. The Morgan fingerprint density at radius 1 is 1.03 bits per heavy atom. The lowest BCUT2D eigenvalue weighted by molar-refractivity contribution is -0.0498. The normalized spacial score (nSPS) is 11.4. The summed E-state index contributed by atoms with van der Waals surface area (Å²) in [4.78, 5) is 12.6. The number of nitrogens with one attached hydrogen (secondary N) is 1. The van der Waals surface area contributed by atoms with Crippen LogP contribution in [0.4, 0.5) is 8.78 Å². The summed E-state index contributed by atoms with van der Waals surface area (Å²) in [5, 5.41) is 2.61. The van der Waals surface area contributed by atoms with E-state index in [1.54, 1.807) is 18.2 Å². The first kappa shape index (κ1) is 20.5. The molecule has 2 aromatic carbocycles. The van der Waals surface area contributed by atoms with E-state index in [9.17, 15) is 22.0 Å². The van der Waals surface area contributed by atoms with Crippen LogP contribution >= 0.6 is 0 Å². The molecule has 3 aromatic rings. The summed E-state index contributed by atoms with van der Waals surface area (Å²) >= 11 is 0. The molecule has 1 amide bonds. The van der Waals surface area contributed by atoms with Crippen molar-refractivity contribution in [3.05, 3.63) is 83.8 Å². The van der Waals surface area contributed by atoms with Gasteiger partial charge < -0.3 is 14.5 Å². The van der Waals surface area contributed by atoms with Gasteiger partial charge in [-0.25, -0.2) is 8.42 Å². The molecule has 0 spiro atoms. The number of sulfone groups is 1. The third-order valence-electron chi connectivity index (χ3n) is 4.00. The van der Waals surface area contributed by atoms with Crippen LogP contribution < -0.4 is 10.1 Å². The number of carbonyl (C=O) groups is 1. The first-order valence-corrected chi connectivity index (χ1v) is 10.2. The number of hydrogen-bond acceptors (Lipinski definition) is 5. The summed E-state index contributed by atoms with van der Waals surface area (Å²) in [6.07, 6.45) is 1.25. The second-order valence-corrected chi connectivity index (χ2v) is 8.04. The highest BCUT2D eigenvalue weighted by Crippen LogP contribution is 2.20. The first-order chi connectivity index (χ1) is 13.8. The molecule has 1 aromatic heterocycles. The number of halogens is 2. The molecule has 1 heterocycles. The molecule has 0 bridgehead atoms. The van der Waals surface area contributed by atoms with Crippen LogP contribution in [0.3, 0.4) is 0 Å². The summed E-state index contributed by atoms with van der Waals surface area (Å²) in [6.45, 7) is -2.82. The topological polar surface area (TPSA) is 85.6 Å². The van der Waals surface area contributed by atoms with E-state index in [1.165, 1.54) is 48.7 Å². The minimum Gasteiger partial charge on any atom is -0.459 e. The van der Waals surface area contributed by atoms with Gasteiger partial charge in [-0.3, -0.25) is 4.79 Å². The van der Waals surface area contributed by atoms with Crippen molar-refractivity contribution in [1.82, 2.24) is 5.32 Å². The largest absolute Gasteiger partial charge is 0.459 e. The summed E-state index contributed by atoms with van der Waals surface area (Å²) < 4.78 is 58.8. The highest BCUT2D eigenvalue weighted by atomic mass is 32.2. The fourth-order valence-electron chi connectivity index (χ4n) is 2.62. The van der Waals surface area contributed by atoms with Gasteiger partial charge in [0.1, 0.15) is 5.75 Å². The lowest BCUT2D eigenvalue weighted by Gasteiger charge is -2.08. The Hall–Kier alpha value is -3.20. The van der Waals surface area contributed by atoms with E-state index < -0.39 is 22.4 Å². The number of rotatable bonds is 8. The van der Waals surface area contributed by atoms with Crippen LogP contribution in [0.5, 0.6) is 5.75 Å². The van der Waals surface area contributed by atoms with E-state index in [0.29, 0.717) is 5.56 Å². The Kier molecular flexibility index (Phi) is 6.28. The zero-order chi connectivity index (χ0) is 20.9. The van der Waals surface area contributed by atoms with Gasteiger partial charge in [0.05, 0.1) is 16.9 Å². The molecular weight excluding hydrogens is 404 g/mol. The molecule has 1 N–H and O–H groups in total. The molecule has 0 aliphatic carbocycles. The standard InChI is InChI=1S/C20H17F2NO5S/c21-20(22)28-16-8-6-14(7-9-16)12-23-19(24)18-15(10-11-27-18)13-29(25,26)17-4-2-1-3-5-17/h1-11,20H,12-13H2,(H,23,24). The molecule has 0 saturated carbocycles. The lowest BCUT2D eigenvalue weighted by Crippen LogP contribution is -2.23. The van der Waals surface area contributed by atoms with Gasteiger partial charge in [-0.2, -0.15) is 8.78 Å². The van der Waals surface area contributed by atoms with Gasteiger partial charge in [-0.1, -0.05) is 30.3 Å². The highest BCUT2D eigenvalue weighted by molar-refractivity contribution is 7.90. The summed E-state index contributed by atoms with van der Waals surface area (Å²) in [7, 11) is -3.64. The maximum Gasteiger partial charge on any atom is 0.387 e. The van der Waals surface area contributed by atoms with Crippen LogP contribution in [-0.2, 0) is 22.1 Å². The molecule has 0 aliphatic heterocycles. The van der Waals surface area contributed by atoms with Gasteiger partial charge in [-0.05, 0) is 35.9 Å². The van der Waals surface area contributed by atoms with Crippen molar-refractivity contribution in [3.8, 4) is 5.75 Å². The quantitative estimate of drug-likeness (QED) is 0.598. The maximum absolute atomic E-state index is 12.5. The zero-order valence-corrected chi connectivity index (χ0v) is 15.9. The molecule has 0 saturated heterocycles. The van der Waals surface area contributed by atoms with Crippen molar-refractivity contribution < 1.29 is 31.1 Å². The van der Waals surface area contributed by atoms with Crippen molar-refractivity contribution in [2.45, 2.75) is 23.8 Å². The van der Waals surface area contributed by atoms with Crippen LogP contribution in [0, 0.1) is 0 Å². The molecule has 152 valence electrons. The van der Waals surface area contributed by atoms with E-state index in [-0.39, 0.29) is 34.3 Å². The summed E-state index contributed by atoms with van der Waals surface area (Å²) in [6, 6.07) is 15.1. The van der Waals surface area contributed by atoms with E-state index in [1.807, 2.05) is 0 Å². The second kappa shape index (κ2) is 8.87. The maximum atomic E-state index is 12.5. The molecule has 0 radical (unpaired) electrons. The third kappa shape index (κ3) is 5.41. The number of carbonyl (C=O) groups excluding carboxylic acids is 1. The smallest absolute Gasteiger partial charge is 0.387 e. The Balaban J connectivity index is 1.65. The molecule has 3 rings (SSSR count). The molecular formula is C20H17F2NO5S. The van der Waals surface area contributed by atoms with Crippen LogP contribution in [0.15, 0.2) is 76.2 Å². The van der Waals surface area contributed by atoms with Crippen LogP contribution in [0.1, 0.15) is 21.7 Å². The zero-order valence-electron chi connectivity index (χ0n) is 15.0. The van der Waals surface area contributed by atoms with E-state index in [4.69, 9.17) is 4.42 Å². The number of furan rings is 1. The van der Waals surface area contributed by atoms with Gasteiger partial charge in [0.25, 0.3) is 5.91 Å². The monoisotopic (exact) mass is 421 g/mol. The van der Waals surface area contributed by atoms with Gasteiger partial charge >= 0.3 is 6.61 Å². The minimum atomic E-state index is -3.64. The van der Waals surface area contributed by atoms with Gasteiger partial charge in [0.15, 0.2) is 15.6 Å². The van der Waals surface area contributed by atoms with Crippen molar-refractivity contribution in [3.63, 3.8) is 0 Å². The average Bonchev–Trinajstić information content (AvgIpc) is 3.15. The molecule has 6 nitrogen and oxygen atoms in total. The van der Waals surface area contributed by atoms with Gasteiger partial charge in [0.2, 0.25) is 0 Å². The number of alkyl halides is 2. The Bertz CT molecular complexity index is 1060. The number of benzene rings is 2. The van der Waals surface area contributed by atoms with Crippen LogP contribution in [0.25, 0.3) is 0 Å². The predicted octanol–water partition coefficient (Wildman–Crippen LogP) is 3.78. The number of amides is 1. The molecule has 0 fully saturated rings. The molecule has 0 atom stereocenters. The second-order valence-electron chi connectivity index (χ2n) is 6.05. The summed E-state index contributed by atoms with van der Waals surface area (Å²) in [5.74, 6) is -1.05. The molecule has 9 heteroatoms. The lowest BCUT2D eigenvalue weighted by atomic mass is 10.2. The predicted molar refractivity (Wildman–Crippen MR) is 100 cm³/mol. The fourth-order valence-corrected chi connectivity index (χ4v) is 3.99. The van der Waals surface area contributed by atoms with E-state index in [2.05, 4.69) is 10.1 Å². The molecule has 0 aliphatic rings. The van der Waals surface area contributed by atoms with Gasteiger partial charge in [-0.15, -0.1) is 0 Å². The Morgan fingerprint density at radius 3 is 2.38 bits per heavy atom. The van der Waals surface area contributed by atoms with Crippen molar-refractivity contribution >= 4 is 15.7 Å². The number of ether oxygens (including phenoxy) is 1. The van der Waals surface area contributed by atoms with E-state index in [0.717, 1.165) is 0 Å². The number of hydrogen-bond donors (Lipinski definition) is 1. The summed E-state index contributed by atoms with van der Waals surface area (Å²) in [5.41, 5.74) is 0.886. The minimum absolute atomic E-state index is 0.00881. The van der Waals surface area contributed by atoms with Crippen LogP contribution in [0.2, 0.25) is 0 Å².